The van der Waals surface area contributed by atoms with Crippen molar-refractivity contribution in [1.82, 2.24) is 4.90 Å². The summed E-state index contributed by atoms with van der Waals surface area (Å²) in [4.78, 5) is 2.05. The van der Waals surface area contributed by atoms with Crippen molar-refractivity contribution in [2.45, 2.75) is 12.1 Å². The fraction of sp³-hybridized carbons (Fsp3) is 0.250. The Labute approximate surface area is 109 Å². The zero-order chi connectivity index (χ0) is 13.0. The van der Waals surface area contributed by atoms with Crippen LogP contribution in [0.2, 0.25) is 0 Å². The van der Waals surface area contributed by atoms with Gasteiger partial charge in [-0.15, -0.1) is 0 Å². The second-order valence-electron chi connectivity index (χ2n) is 4.67. The lowest BCUT2D eigenvalue weighted by atomic mass is 9.95. The number of likely N-dealkylation sites (N-methyl/N-ethyl adjacent to an activating group) is 1. The van der Waals surface area contributed by atoms with Crippen molar-refractivity contribution < 1.29 is 5.11 Å². The molecule has 0 aromatic heterocycles. The van der Waals surface area contributed by atoms with Crippen molar-refractivity contribution in [3.63, 3.8) is 0 Å². The lowest BCUT2D eigenvalue weighted by molar-refractivity contribution is 0.0754. The van der Waals surface area contributed by atoms with Gasteiger partial charge in [0.15, 0.2) is 0 Å². The van der Waals surface area contributed by atoms with Crippen molar-refractivity contribution >= 4 is 0 Å². The van der Waals surface area contributed by atoms with E-state index in [0.29, 0.717) is 0 Å². The van der Waals surface area contributed by atoms with Crippen molar-refractivity contribution in [2.75, 3.05) is 14.1 Å². The quantitative estimate of drug-likeness (QED) is 0.889. The molecule has 0 fully saturated rings. The first-order chi connectivity index (χ1) is 8.70. The fourth-order valence-corrected chi connectivity index (χ4v) is 2.25. The van der Waals surface area contributed by atoms with Crippen LogP contribution >= 0.6 is 0 Å². The molecule has 0 amide bonds. The zero-order valence-electron chi connectivity index (χ0n) is 10.8. The highest BCUT2D eigenvalue weighted by atomic mass is 16.3. The topological polar surface area (TPSA) is 23.5 Å². The molecule has 2 aromatic rings. The third kappa shape index (κ3) is 2.78. The molecule has 1 N–H and O–H groups in total. The van der Waals surface area contributed by atoms with Crippen molar-refractivity contribution in [3.8, 4) is 0 Å². The standard InChI is InChI=1S/C16H19NO/c1-17(2)15(13-9-5-3-6-10-13)16(18)14-11-7-4-8-12-14/h3-12,15-16,18H,1-2H3/t15-,16-/m0/s1. The van der Waals surface area contributed by atoms with E-state index in [1.54, 1.807) is 0 Å². The Morgan fingerprint density at radius 3 is 1.67 bits per heavy atom. The van der Waals surface area contributed by atoms with Crippen LogP contribution in [0.3, 0.4) is 0 Å². The van der Waals surface area contributed by atoms with E-state index in [1.807, 2.05) is 67.5 Å². The average Bonchev–Trinajstić information content (AvgIpc) is 2.40. The van der Waals surface area contributed by atoms with Gasteiger partial charge in [0.2, 0.25) is 0 Å². The van der Waals surface area contributed by atoms with Gasteiger partial charge in [0, 0.05) is 0 Å². The molecule has 0 spiro atoms. The summed E-state index contributed by atoms with van der Waals surface area (Å²) in [6, 6.07) is 19.9. The van der Waals surface area contributed by atoms with Gasteiger partial charge in [0.05, 0.1) is 12.1 Å². The molecule has 0 saturated carbocycles. The van der Waals surface area contributed by atoms with Crippen LogP contribution in [0.15, 0.2) is 60.7 Å². The van der Waals surface area contributed by atoms with E-state index in [2.05, 4.69) is 12.1 Å². The molecule has 18 heavy (non-hydrogen) atoms. The molecule has 0 bridgehead atoms. The summed E-state index contributed by atoms with van der Waals surface area (Å²) in [5, 5.41) is 10.6. The van der Waals surface area contributed by atoms with Crippen LogP contribution < -0.4 is 0 Å². The average molecular weight is 241 g/mol. The number of hydrogen-bond acceptors (Lipinski definition) is 2. The Morgan fingerprint density at radius 2 is 1.22 bits per heavy atom. The van der Waals surface area contributed by atoms with Gasteiger partial charge in [-0.3, -0.25) is 4.90 Å². The van der Waals surface area contributed by atoms with Gasteiger partial charge in [-0.05, 0) is 25.2 Å². The predicted octanol–water partition coefficient (Wildman–Crippen LogP) is 3.02. The number of benzene rings is 2. The van der Waals surface area contributed by atoms with Gasteiger partial charge in [-0.1, -0.05) is 60.7 Å². The van der Waals surface area contributed by atoms with Gasteiger partial charge in [0.25, 0.3) is 0 Å². The highest BCUT2D eigenvalue weighted by Crippen LogP contribution is 2.32. The molecule has 2 atom stereocenters. The van der Waals surface area contributed by atoms with E-state index in [1.165, 1.54) is 0 Å². The lowest BCUT2D eigenvalue weighted by Crippen LogP contribution is -2.26. The molecule has 0 saturated heterocycles. The number of aliphatic hydroxyl groups excluding tert-OH is 1. The van der Waals surface area contributed by atoms with Crippen LogP contribution in [0.25, 0.3) is 0 Å². The first-order valence-electron chi connectivity index (χ1n) is 6.14. The summed E-state index contributed by atoms with van der Waals surface area (Å²) in [6.45, 7) is 0. The number of nitrogens with zero attached hydrogens (tertiary/aromatic N) is 1. The van der Waals surface area contributed by atoms with E-state index in [0.717, 1.165) is 11.1 Å². The molecule has 2 nitrogen and oxygen atoms in total. The Kier molecular flexibility index (Phi) is 4.13. The van der Waals surface area contributed by atoms with Crippen LogP contribution in [0.1, 0.15) is 23.3 Å². The normalized spacial score (nSPS) is 14.4. The van der Waals surface area contributed by atoms with Gasteiger partial charge < -0.3 is 5.11 Å². The maximum atomic E-state index is 10.6. The van der Waals surface area contributed by atoms with Crippen LogP contribution in [0.4, 0.5) is 0 Å². The summed E-state index contributed by atoms with van der Waals surface area (Å²) >= 11 is 0. The lowest BCUT2D eigenvalue weighted by Gasteiger charge is -2.29. The van der Waals surface area contributed by atoms with E-state index < -0.39 is 6.10 Å². The highest BCUT2D eigenvalue weighted by molar-refractivity contribution is 5.26. The highest BCUT2D eigenvalue weighted by Gasteiger charge is 2.24. The third-order valence-corrected chi connectivity index (χ3v) is 3.14. The van der Waals surface area contributed by atoms with E-state index >= 15 is 0 Å². The summed E-state index contributed by atoms with van der Waals surface area (Å²) in [6.07, 6.45) is -0.524. The second-order valence-corrected chi connectivity index (χ2v) is 4.67. The minimum Gasteiger partial charge on any atom is -0.386 e. The smallest absolute Gasteiger partial charge is 0.0986 e. The molecule has 2 aromatic carbocycles. The molecule has 0 radical (unpaired) electrons. The maximum Gasteiger partial charge on any atom is 0.0986 e. The summed E-state index contributed by atoms with van der Waals surface area (Å²) < 4.78 is 0. The largest absolute Gasteiger partial charge is 0.386 e. The number of hydrogen-bond donors (Lipinski definition) is 1. The van der Waals surface area contributed by atoms with Gasteiger partial charge >= 0.3 is 0 Å². The Morgan fingerprint density at radius 1 is 0.778 bits per heavy atom. The van der Waals surface area contributed by atoms with E-state index in [4.69, 9.17) is 0 Å². The molecule has 2 heteroatoms. The zero-order valence-corrected chi connectivity index (χ0v) is 10.8. The number of rotatable bonds is 4. The molecule has 0 unspecified atom stereocenters. The molecule has 0 aliphatic heterocycles. The van der Waals surface area contributed by atoms with Crippen molar-refractivity contribution in [1.29, 1.82) is 0 Å². The monoisotopic (exact) mass is 241 g/mol. The first-order valence-corrected chi connectivity index (χ1v) is 6.14. The summed E-state index contributed by atoms with van der Waals surface area (Å²) in [5.41, 5.74) is 2.07. The van der Waals surface area contributed by atoms with Crippen LogP contribution in [0, 0.1) is 0 Å². The second kappa shape index (κ2) is 5.80. The summed E-state index contributed by atoms with van der Waals surface area (Å²) in [5.74, 6) is 0. The molecule has 94 valence electrons. The van der Waals surface area contributed by atoms with Gasteiger partial charge in [0.1, 0.15) is 0 Å². The Bertz CT molecular complexity index is 467. The maximum absolute atomic E-state index is 10.6. The minimum atomic E-state index is -0.524. The third-order valence-electron chi connectivity index (χ3n) is 3.14. The molecular formula is C16H19NO. The van der Waals surface area contributed by atoms with E-state index in [9.17, 15) is 5.11 Å². The first kappa shape index (κ1) is 12.8. The fourth-order valence-electron chi connectivity index (χ4n) is 2.25. The van der Waals surface area contributed by atoms with Gasteiger partial charge in [-0.2, -0.15) is 0 Å². The molecule has 2 rings (SSSR count). The minimum absolute atomic E-state index is 0.0337. The van der Waals surface area contributed by atoms with Crippen molar-refractivity contribution in [2.24, 2.45) is 0 Å². The number of aliphatic hydroxyl groups is 1. The predicted molar refractivity (Wildman–Crippen MR) is 74.3 cm³/mol. The van der Waals surface area contributed by atoms with Crippen LogP contribution in [-0.4, -0.2) is 24.1 Å². The van der Waals surface area contributed by atoms with Crippen LogP contribution in [-0.2, 0) is 0 Å². The Hall–Kier alpha value is -1.64. The van der Waals surface area contributed by atoms with E-state index in [-0.39, 0.29) is 6.04 Å². The molecular weight excluding hydrogens is 222 g/mol. The molecule has 0 heterocycles. The van der Waals surface area contributed by atoms with Crippen molar-refractivity contribution in [3.05, 3.63) is 71.8 Å². The molecule has 0 aliphatic rings. The van der Waals surface area contributed by atoms with Gasteiger partial charge in [-0.25, -0.2) is 0 Å². The van der Waals surface area contributed by atoms with Crippen LogP contribution in [0.5, 0.6) is 0 Å². The Balaban J connectivity index is 2.32. The SMILES string of the molecule is CN(C)[C@@H](c1ccccc1)[C@@H](O)c1ccccc1. The molecule has 0 aliphatic carbocycles. The summed E-state index contributed by atoms with van der Waals surface area (Å²) in [7, 11) is 3.98.